The third kappa shape index (κ3) is 4.17. The first-order valence-electron chi connectivity index (χ1n) is 9.50. The number of likely N-dealkylation sites (tertiary alicyclic amines) is 1. The lowest BCUT2D eigenvalue weighted by atomic mass is 9.82. The van der Waals surface area contributed by atoms with E-state index in [-0.39, 0.29) is 5.91 Å². The number of anilines is 1. The molecule has 0 radical (unpaired) electrons. The van der Waals surface area contributed by atoms with Crippen molar-refractivity contribution in [3.8, 4) is 0 Å². The summed E-state index contributed by atoms with van der Waals surface area (Å²) >= 11 is 0. The molecule has 132 valence electrons. The van der Waals surface area contributed by atoms with Gasteiger partial charge in [-0.25, -0.2) is 0 Å². The van der Waals surface area contributed by atoms with E-state index in [9.17, 15) is 4.79 Å². The maximum Gasteiger partial charge on any atom is 0.244 e. The molecule has 0 bridgehead atoms. The molecule has 1 saturated heterocycles. The lowest BCUT2D eigenvalue weighted by Crippen LogP contribution is -2.52. The average molecular weight is 329 g/mol. The van der Waals surface area contributed by atoms with Crippen LogP contribution in [-0.2, 0) is 11.3 Å². The highest BCUT2D eigenvalue weighted by molar-refractivity contribution is 5.98. The molecule has 3 rings (SSSR count). The summed E-state index contributed by atoms with van der Waals surface area (Å²) in [5, 5.41) is 3.01. The molecule has 0 aromatic heterocycles. The fraction of sp³-hybridized carbons (Fsp3) is 0.650. The lowest BCUT2D eigenvalue weighted by Gasteiger charge is -2.33. The molecule has 4 nitrogen and oxygen atoms in total. The maximum atomic E-state index is 12.5. The monoisotopic (exact) mass is 329 g/mol. The normalized spacial score (nSPS) is 24.5. The first-order valence-corrected chi connectivity index (χ1v) is 9.50. The van der Waals surface area contributed by atoms with E-state index in [0.717, 1.165) is 37.9 Å². The Kier molecular flexibility index (Phi) is 5.57. The number of hydrogen-bond acceptors (Lipinski definition) is 3. The Labute approximate surface area is 145 Å². The van der Waals surface area contributed by atoms with Gasteiger partial charge in [-0.2, -0.15) is 0 Å². The van der Waals surface area contributed by atoms with E-state index in [2.05, 4.69) is 29.3 Å². The summed E-state index contributed by atoms with van der Waals surface area (Å²) in [5.74, 6) is -0.0281. The van der Waals surface area contributed by atoms with Gasteiger partial charge in [-0.3, -0.25) is 9.69 Å². The van der Waals surface area contributed by atoms with Gasteiger partial charge in [0.2, 0.25) is 5.91 Å². The Bertz CT molecular complexity index is 549. The molecule has 1 aliphatic heterocycles. The molecule has 1 aromatic carbocycles. The maximum absolute atomic E-state index is 12.5. The van der Waals surface area contributed by atoms with Crippen molar-refractivity contribution >= 4 is 11.6 Å². The van der Waals surface area contributed by atoms with Gasteiger partial charge >= 0.3 is 0 Å². The molecule has 1 saturated carbocycles. The number of carbonyl (C=O) groups excluding carboxylic acids is 1. The first-order chi connectivity index (χ1) is 11.6. The molecule has 4 heteroatoms. The van der Waals surface area contributed by atoms with Crippen LogP contribution in [0.5, 0.6) is 0 Å². The lowest BCUT2D eigenvalue weighted by molar-refractivity contribution is -0.122. The molecule has 3 N–H and O–H groups in total. The summed E-state index contributed by atoms with van der Waals surface area (Å²) < 4.78 is 0. The fourth-order valence-corrected chi connectivity index (χ4v) is 3.99. The van der Waals surface area contributed by atoms with Crippen molar-refractivity contribution in [3.05, 3.63) is 29.8 Å². The molecule has 1 atom stereocenters. The smallest absolute Gasteiger partial charge is 0.244 e. The zero-order valence-corrected chi connectivity index (χ0v) is 14.9. The van der Waals surface area contributed by atoms with Crippen LogP contribution in [0, 0.1) is 0 Å². The van der Waals surface area contributed by atoms with Crippen LogP contribution in [0.25, 0.3) is 0 Å². The van der Waals surface area contributed by atoms with Crippen molar-refractivity contribution in [2.24, 2.45) is 5.73 Å². The van der Waals surface area contributed by atoms with Crippen LogP contribution in [0.3, 0.4) is 0 Å². The summed E-state index contributed by atoms with van der Waals surface area (Å²) in [6, 6.07) is 8.94. The summed E-state index contributed by atoms with van der Waals surface area (Å²) in [5.41, 5.74) is 7.78. The summed E-state index contributed by atoms with van der Waals surface area (Å²) in [7, 11) is 0. The number of nitrogens with zero attached hydrogens (tertiary/aromatic N) is 1. The quantitative estimate of drug-likeness (QED) is 0.886. The third-order valence-corrected chi connectivity index (χ3v) is 5.74. The van der Waals surface area contributed by atoms with E-state index >= 15 is 0 Å². The minimum absolute atomic E-state index is 0.0281. The number of benzene rings is 1. The van der Waals surface area contributed by atoms with E-state index in [0.29, 0.717) is 6.04 Å². The van der Waals surface area contributed by atoms with E-state index in [1.807, 2.05) is 12.1 Å². The first kappa shape index (κ1) is 17.4. The van der Waals surface area contributed by atoms with Gasteiger partial charge in [0.25, 0.3) is 0 Å². The van der Waals surface area contributed by atoms with Crippen molar-refractivity contribution in [1.82, 2.24) is 4.90 Å². The van der Waals surface area contributed by atoms with Crippen LogP contribution in [0.15, 0.2) is 24.3 Å². The third-order valence-electron chi connectivity index (χ3n) is 5.74. The Morgan fingerprint density at radius 1 is 1.17 bits per heavy atom. The Hall–Kier alpha value is -1.39. The molecule has 1 amide bonds. The largest absolute Gasteiger partial charge is 0.324 e. The second kappa shape index (κ2) is 7.66. The molecule has 1 unspecified atom stereocenters. The van der Waals surface area contributed by atoms with E-state index in [1.54, 1.807) is 0 Å². The van der Waals surface area contributed by atoms with Crippen molar-refractivity contribution < 1.29 is 4.79 Å². The Balaban J connectivity index is 1.57. The van der Waals surface area contributed by atoms with Gasteiger partial charge in [0.05, 0.1) is 5.54 Å². The van der Waals surface area contributed by atoms with Crippen LogP contribution in [0.4, 0.5) is 5.69 Å². The van der Waals surface area contributed by atoms with Crippen LogP contribution in [0.2, 0.25) is 0 Å². The zero-order chi connectivity index (χ0) is 17.0. The van der Waals surface area contributed by atoms with Gasteiger partial charge in [0, 0.05) is 18.3 Å². The van der Waals surface area contributed by atoms with E-state index in [4.69, 9.17) is 5.73 Å². The molecule has 0 spiro atoms. The summed E-state index contributed by atoms with van der Waals surface area (Å²) in [6.45, 7) is 4.50. The van der Waals surface area contributed by atoms with Crippen molar-refractivity contribution in [3.63, 3.8) is 0 Å². The Morgan fingerprint density at radius 2 is 1.88 bits per heavy atom. The molecule has 1 heterocycles. The minimum Gasteiger partial charge on any atom is -0.324 e. The molecular formula is C20H31N3O. The highest BCUT2D eigenvalue weighted by Gasteiger charge is 2.35. The number of carbonyl (C=O) groups is 1. The predicted molar refractivity (Wildman–Crippen MR) is 98.8 cm³/mol. The SMILES string of the molecule is CC1CCCCN1Cc1ccc(NC(=O)C2(N)CCCCC2)cc1. The fourth-order valence-electron chi connectivity index (χ4n) is 3.99. The van der Waals surface area contributed by atoms with Crippen LogP contribution in [-0.4, -0.2) is 28.9 Å². The van der Waals surface area contributed by atoms with Gasteiger partial charge in [0.15, 0.2) is 0 Å². The molecule has 1 aliphatic carbocycles. The minimum atomic E-state index is -0.680. The second-order valence-corrected chi connectivity index (χ2v) is 7.68. The number of piperidine rings is 1. The van der Waals surface area contributed by atoms with Crippen molar-refractivity contribution in [2.75, 3.05) is 11.9 Å². The molecule has 2 fully saturated rings. The summed E-state index contributed by atoms with van der Waals surface area (Å²) in [6.07, 6.45) is 8.84. The number of nitrogens with one attached hydrogen (secondary N) is 1. The van der Waals surface area contributed by atoms with E-state index in [1.165, 1.54) is 37.8 Å². The van der Waals surface area contributed by atoms with Gasteiger partial charge in [0.1, 0.15) is 0 Å². The number of hydrogen-bond donors (Lipinski definition) is 2. The van der Waals surface area contributed by atoms with Gasteiger partial charge < -0.3 is 11.1 Å². The van der Waals surface area contributed by atoms with E-state index < -0.39 is 5.54 Å². The van der Waals surface area contributed by atoms with Crippen LogP contribution < -0.4 is 11.1 Å². The topological polar surface area (TPSA) is 58.4 Å². The number of rotatable bonds is 4. The molecule has 2 aliphatic rings. The molecular weight excluding hydrogens is 298 g/mol. The van der Waals surface area contributed by atoms with Gasteiger partial charge in [-0.1, -0.05) is 37.8 Å². The highest BCUT2D eigenvalue weighted by atomic mass is 16.2. The van der Waals surface area contributed by atoms with Gasteiger partial charge in [-0.15, -0.1) is 0 Å². The Morgan fingerprint density at radius 3 is 2.54 bits per heavy atom. The summed E-state index contributed by atoms with van der Waals surface area (Å²) in [4.78, 5) is 15.0. The van der Waals surface area contributed by atoms with Crippen molar-refractivity contribution in [2.45, 2.75) is 76.4 Å². The molecule has 1 aromatic rings. The molecule has 24 heavy (non-hydrogen) atoms. The van der Waals surface area contributed by atoms with Crippen LogP contribution >= 0.6 is 0 Å². The number of amides is 1. The number of nitrogens with two attached hydrogens (primary N) is 1. The standard InChI is InChI=1S/C20H31N3O/c1-16-7-3-6-14-23(16)15-17-8-10-18(11-9-17)22-19(24)20(21)12-4-2-5-13-20/h8-11,16H,2-7,12-15,21H2,1H3,(H,22,24). The zero-order valence-electron chi connectivity index (χ0n) is 14.9. The van der Waals surface area contributed by atoms with Gasteiger partial charge in [-0.05, 0) is 56.8 Å². The highest BCUT2D eigenvalue weighted by Crippen LogP contribution is 2.27. The second-order valence-electron chi connectivity index (χ2n) is 7.68. The van der Waals surface area contributed by atoms with Crippen LogP contribution in [0.1, 0.15) is 63.9 Å². The average Bonchev–Trinajstić information content (AvgIpc) is 2.59. The predicted octanol–water partition coefficient (Wildman–Crippen LogP) is 3.66. The van der Waals surface area contributed by atoms with Crippen molar-refractivity contribution in [1.29, 1.82) is 0 Å².